The number of fused-ring (bicyclic) bond motifs is 1. The molecule has 286 valence electrons. The molecule has 0 spiro atoms. The largest absolute Gasteiger partial charge is 0.462 e. The third-order valence-electron chi connectivity index (χ3n) is 13.1. The first-order chi connectivity index (χ1) is 25.9. The molecule has 2 saturated carbocycles. The van der Waals surface area contributed by atoms with E-state index < -0.39 is 16.6 Å². The summed E-state index contributed by atoms with van der Waals surface area (Å²) >= 11 is 0. The summed E-state index contributed by atoms with van der Waals surface area (Å²) in [7, 11) is -5.61. The highest BCUT2D eigenvalue weighted by Crippen LogP contribution is 2.49. The van der Waals surface area contributed by atoms with Crippen LogP contribution in [0, 0.1) is 17.8 Å². The van der Waals surface area contributed by atoms with E-state index in [1.807, 2.05) is 0 Å². The number of ether oxygens (including phenoxy) is 1. The Morgan fingerprint density at radius 3 is 1.54 bits per heavy atom. The van der Waals surface area contributed by atoms with Gasteiger partial charge in [0.1, 0.15) is 6.10 Å². The molecule has 4 aromatic carbocycles. The molecule has 5 atom stereocenters. The highest BCUT2D eigenvalue weighted by atomic mass is 28.4. The quantitative estimate of drug-likeness (QED) is 0.107. The third-order valence-corrected chi connectivity index (χ3v) is 23.2. The number of hydrogen-bond donors (Lipinski definition) is 0. The molecular formula is C48H62O4Si2. The molecule has 1 heterocycles. The summed E-state index contributed by atoms with van der Waals surface area (Å²) in [5, 5.41) is 5.05. The minimum absolute atomic E-state index is 0.0146. The first kappa shape index (κ1) is 39.0. The summed E-state index contributed by atoms with van der Waals surface area (Å²) in [6, 6.07) is 44.3. The summed E-state index contributed by atoms with van der Waals surface area (Å²) < 4.78 is 22.0. The second-order valence-corrected chi connectivity index (χ2v) is 26.9. The minimum Gasteiger partial charge on any atom is -0.462 e. The van der Waals surface area contributed by atoms with Gasteiger partial charge >= 0.3 is 5.97 Å². The smallest absolute Gasteiger partial charge is 0.306 e. The molecule has 1 saturated heterocycles. The zero-order valence-corrected chi connectivity index (χ0v) is 35.5. The van der Waals surface area contributed by atoms with E-state index in [0.29, 0.717) is 12.3 Å². The normalized spacial score (nSPS) is 23.2. The molecule has 0 unspecified atom stereocenters. The van der Waals surface area contributed by atoms with Crippen molar-refractivity contribution in [2.24, 2.45) is 17.8 Å². The second kappa shape index (κ2) is 16.1. The van der Waals surface area contributed by atoms with Crippen molar-refractivity contribution in [3.8, 4) is 0 Å². The molecule has 3 aliphatic rings. The Bertz CT molecular complexity index is 1720. The van der Waals surface area contributed by atoms with Crippen molar-refractivity contribution in [3.63, 3.8) is 0 Å². The van der Waals surface area contributed by atoms with Gasteiger partial charge in [0.25, 0.3) is 16.6 Å². The van der Waals surface area contributed by atoms with E-state index >= 15 is 0 Å². The molecule has 1 aliphatic heterocycles. The van der Waals surface area contributed by atoms with Crippen molar-refractivity contribution in [2.75, 3.05) is 0 Å². The molecule has 6 heteroatoms. The SMILES string of the molecule is CC(C)(C)[Si](O[C@H](CC[C@@H]1[C@H]2CC(=O)O[C@H]2C[C@H]1O[Si](c1ccccc1)(c1ccccc1)C(C)(C)C)C1CCCCC1)(c1ccccc1)c1ccccc1. The number of carbonyl (C=O) groups excluding carboxylic acids is 1. The topological polar surface area (TPSA) is 44.8 Å². The van der Waals surface area contributed by atoms with Gasteiger partial charge in [0, 0.05) is 18.4 Å². The highest BCUT2D eigenvalue weighted by Gasteiger charge is 2.58. The second-order valence-electron chi connectivity index (χ2n) is 18.4. The van der Waals surface area contributed by atoms with Crippen LogP contribution in [0.25, 0.3) is 0 Å². The monoisotopic (exact) mass is 758 g/mol. The van der Waals surface area contributed by atoms with Crippen LogP contribution < -0.4 is 20.7 Å². The van der Waals surface area contributed by atoms with Gasteiger partial charge in [0.05, 0.1) is 12.5 Å². The number of hydrogen-bond acceptors (Lipinski definition) is 4. The van der Waals surface area contributed by atoms with Crippen molar-refractivity contribution in [3.05, 3.63) is 121 Å². The van der Waals surface area contributed by atoms with Gasteiger partial charge in [-0.3, -0.25) is 4.79 Å². The fourth-order valence-corrected chi connectivity index (χ4v) is 20.1. The summed E-state index contributed by atoms with van der Waals surface area (Å²) in [6.45, 7) is 14.3. The van der Waals surface area contributed by atoms with Crippen molar-refractivity contribution < 1.29 is 18.4 Å². The van der Waals surface area contributed by atoms with Gasteiger partial charge in [0.15, 0.2) is 0 Å². The Morgan fingerprint density at radius 2 is 1.09 bits per heavy atom. The predicted octanol–water partition coefficient (Wildman–Crippen LogP) is 9.19. The van der Waals surface area contributed by atoms with E-state index in [0.717, 1.165) is 19.3 Å². The van der Waals surface area contributed by atoms with Gasteiger partial charge in [-0.25, -0.2) is 0 Å². The molecule has 7 rings (SSSR count). The van der Waals surface area contributed by atoms with E-state index in [4.69, 9.17) is 13.6 Å². The van der Waals surface area contributed by atoms with Crippen LogP contribution in [-0.2, 0) is 18.4 Å². The van der Waals surface area contributed by atoms with Crippen LogP contribution in [0.15, 0.2) is 121 Å². The Kier molecular flexibility index (Phi) is 11.6. The zero-order chi connectivity index (χ0) is 38.0. The van der Waals surface area contributed by atoms with Gasteiger partial charge in [-0.2, -0.15) is 0 Å². The molecule has 2 aliphatic carbocycles. The number of esters is 1. The summed E-state index contributed by atoms with van der Waals surface area (Å²) in [6.07, 6.45) is 9.43. The standard InChI is InChI=1S/C48H62O4Si2/c1-47(2,3)53(37-24-14-8-15-25-37,38-26-16-9-17-27-38)51-43(36-22-12-7-13-23-36)33-32-41-42-34-46(49)50-44(42)35-45(41)52-54(48(4,5)6,39-28-18-10-19-29-39)40-30-20-11-21-31-40/h8-11,14-21,24-31,36,41-45H,7,12-13,22-23,32-35H2,1-6H3/t41-,42-,43-,44+,45-/m1/s1. The molecule has 4 nitrogen and oxygen atoms in total. The molecule has 3 fully saturated rings. The lowest BCUT2D eigenvalue weighted by Crippen LogP contribution is -2.68. The summed E-state index contributed by atoms with van der Waals surface area (Å²) in [4.78, 5) is 12.9. The van der Waals surface area contributed by atoms with Gasteiger partial charge in [-0.1, -0.05) is 182 Å². The maximum Gasteiger partial charge on any atom is 0.306 e. The van der Waals surface area contributed by atoms with Crippen LogP contribution in [0.3, 0.4) is 0 Å². The molecule has 0 N–H and O–H groups in total. The highest BCUT2D eigenvalue weighted by molar-refractivity contribution is 7.00. The molecule has 0 amide bonds. The van der Waals surface area contributed by atoms with Crippen LogP contribution in [0.4, 0.5) is 0 Å². The molecule has 0 bridgehead atoms. The maximum absolute atomic E-state index is 12.9. The first-order valence-corrected chi connectivity index (χ1v) is 24.5. The zero-order valence-electron chi connectivity index (χ0n) is 33.5. The van der Waals surface area contributed by atoms with Crippen molar-refractivity contribution >= 4 is 43.4 Å². The van der Waals surface area contributed by atoms with Crippen LogP contribution in [0.2, 0.25) is 10.1 Å². The van der Waals surface area contributed by atoms with Crippen LogP contribution >= 0.6 is 0 Å². The van der Waals surface area contributed by atoms with E-state index in [1.54, 1.807) is 0 Å². The predicted molar refractivity (Wildman–Crippen MR) is 227 cm³/mol. The van der Waals surface area contributed by atoms with E-state index in [-0.39, 0.29) is 46.2 Å². The van der Waals surface area contributed by atoms with Gasteiger partial charge in [0.2, 0.25) is 0 Å². The lowest BCUT2D eigenvalue weighted by Gasteiger charge is -2.48. The Hall–Kier alpha value is -3.30. The van der Waals surface area contributed by atoms with Gasteiger partial charge in [-0.15, -0.1) is 0 Å². The van der Waals surface area contributed by atoms with Gasteiger partial charge in [-0.05, 0) is 68.3 Å². The lowest BCUT2D eigenvalue weighted by atomic mass is 9.81. The average molecular weight is 759 g/mol. The number of benzene rings is 4. The Morgan fingerprint density at radius 1 is 0.648 bits per heavy atom. The summed E-state index contributed by atoms with van der Waals surface area (Å²) in [5.74, 6) is 0.832. The third kappa shape index (κ3) is 7.48. The first-order valence-electron chi connectivity index (χ1n) is 20.7. The number of carbonyl (C=O) groups is 1. The van der Waals surface area contributed by atoms with Crippen LogP contribution in [-0.4, -0.2) is 40.9 Å². The van der Waals surface area contributed by atoms with Crippen molar-refractivity contribution in [2.45, 2.75) is 128 Å². The van der Waals surface area contributed by atoms with E-state index in [2.05, 4.69) is 163 Å². The van der Waals surface area contributed by atoms with E-state index in [1.165, 1.54) is 52.9 Å². The molecule has 54 heavy (non-hydrogen) atoms. The van der Waals surface area contributed by atoms with Crippen LogP contribution in [0.5, 0.6) is 0 Å². The molecule has 0 aromatic heterocycles. The minimum atomic E-state index is -2.83. The van der Waals surface area contributed by atoms with Gasteiger partial charge < -0.3 is 13.6 Å². The van der Waals surface area contributed by atoms with Crippen molar-refractivity contribution in [1.29, 1.82) is 0 Å². The fraction of sp³-hybridized carbons (Fsp3) is 0.479. The number of rotatable bonds is 12. The molecule has 0 radical (unpaired) electrons. The van der Waals surface area contributed by atoms with Crippen molar-refractivity contribution in [1.82, 2.24) is 0 Å². The van der Waals surface area contributed by atoms with E-state index in [9.17, 15) is 4.79 Å². The molecular weight excluding hydrogens is 697 g/mol. The summed E-state index contributed by atoms with van der Waals surface area (Å²) in [5.41, 5.74) is 0. The molecule has 4 aromatic rings. The Labute approximate surface area is 327 Å². The lowest BCUT2D eigenvalue weighted by molar-refractivity contribution is -0.141. The van der Waals surface area contributed by atoms with Crippen LogP contribution in [0.1, 0.15) is 99.3 Å². The fourth-order valence-electron chi connectivity index (χ4n) is 10.6. The Balaban J connectivity index is 1.28. The average Bonchev–Trinajstić information content (AvgIpc) is 3.69. The maximum atomic E-state index is 12.9.